The first-order valence-electron chi connectivity index (χ1n) is 4.53. The molecule has 1 aromatic rings. The van der Waals surface area contributed by atoms with Crippen LogP contribution in [0.3, 0.4) is 0 Å². The van der Waals surface area contributed by atoms with Gasteiger partial charge in [-0.25, -0.2) is 4.98 Å². The van der Waals surface area contributed by atoms with Crippen molar-refractivity contribution in [2.75, 3.05) is 7.11 Å². The first kappa shape index (κ1) is 10.8. The molecule has 1 rings (SSSR count). The maximum absolute atomic E-state index is 11.4. The van der Waals surface area contributed by atoms with Gasteiger partial charge in [-0.15, -0.1) is 0 Å². The molecule has 0 spiro atoms. The summed E-state index contributed by atoms with van der Waals surface area (Å²) in [5.74, 6) is 0.701. The number of methoxy groups -OCH3 is 1. The van der Waals surface area contributed by atoms with Gasteiger partial charge < -0.3 is 9.30 Å². The zero-order valence-corrected chi connectivity index (χ0v) is 9.07. The first-order chi connectivity index (χ1) is 6.47. The van der Waals surface area contributed by atoms with Gasteiger partial charge in [-0.2, -0.15) is 0 Å². The third-order valence-corrected chi connectivity index (χ3v) is 2.23. The highest BCUT2D eigenvalue weighted by molar-refractivity contribution is 5.75. The Bertz CT molecular complexity index is 329. The molecule has 0 atom stereocenters. The third kappa shape index (κ3) is 2.13. The zero-order chi connectivity index (χ0) is 10.8. The molecule has 0 amide bonds. The third-order valence-electron chi connectivity index (χ3n) is 2.23. The minimum absolute atomic E-state index is 0.203. The van der Waals surface area contributed by atoms with E-state index >= 15 is 0 Å². The fourth-order valence-corrected chi connectivity index (χ4v) is 1.34. The number of esters is 1. The van der Waals surface area contributed by atoms with Crippen molar-refractivity contribution in [2.45, 2.75) is 27.3 Å². The summed E-state index contributed by atoms with van der Waals surface area (Å²) in [6.45, 7) is 6.22. The van der Waals surface area contributed by atoms with Crippen molar-refractivity contribution < 1.29 is 9.53 Å². The molecular weight excluding hydrogens is 180 g/mol. The molecule has 0 aliphatic heterocycles. The molecule has 1 aromatic heterocycles. The van der Waals surface area contributed by atoms with E-state index < -0.39 is 5.41 Å². The van der Waals surface area contributed by atoms with Crippen LogP contribution in [-0.4, -0.2) is 22.6 Å². The van der Waals surface area contributed by atoms with E-state index in [-0.39, 0.29) is 5.97 Å². The number of aromatic nitrogens is 2. The smallest absolute Gasteiger partial charge is 0.313 e. The number of carbonyl (C=O) groups is 1. The number of aryl methyl sites for hydroxylation is 1. The van der Waals surface area contributed by atoms with Gasteiger partial charge >= 0.3 is 5.97 Å². The Labute approximate surface area is 83.9 Å². The average molecular weight is 196 g/mol. The minimum Gasteiger partial charge on any atom is -0.469 e. The normalized spacial score (nSPS) is 11.4. The van der Waals surface area contributed by atoms with Gasteiger partial charge in [0, 0.05) is 18.9 Å². The maximum Gasteiger partial charge on any atom is 0.313 e. The van der Waals surface area contributed by atoms with Crippen molar-refractivity contribution >= 4 is 5.97 Å². The molecule has 14 heavy (non-hydrogen) atoms. The van der Waals surface area contributed by atoms with E-state index in [1.807, 2.05) is 31.5 Å². The average Bonchev–Trinajstić information content (AvgIpc) is 2.50. The molecule has 0 bridgehead atoms. The quantitative estimate of drug-likeness (QED) is 0.686. The van der Waals surface area contributed by atoms with E-state index in [0.717, 1.165) is 5.82 Å². The highest BCUT2D eigenvalue weighted by atomic mass is 16.5. The first-order valence-corrected chi connectivity index (χ1v) is 4.53. The number of nitrogens with zero attached hydrogens (tertiary/aromatic N) is 2. The second-order valence-corrected chi connectivity index (χ2v) is 3.98. The van der Waals surface area contributed by atoms with Crippen LogP contribution in [0.4, 0.5) is 0 Å². The summed E-state index contributed by atoms with van der Waals surface area (Å²) in [6, 6.07) is 0. The van der Waals surface area contributed by atoms with Crippen molar-refractivity contribution in [1.82, 2.24) is 9.55 Å². The molecule has 0 saturated heterocycles. The van der Waals surface area contributed by atoms with Crippen LogP contribution in [-0.2, 0) is 16.1 Å². The molecule has 1 heterocycles. The molecule has 0 fully saturated rings. The molecule has 0 saturated carbocycles. The van der Waals surface area contributed by atoms with E-state index in [4.69, 9.17) is 4.74 Å². The molecule has 0 aromatic carbocycles. The lowest BCUT2D eigenvalue weighted by Gasteiger charge is -2.22. The van der Waals surface area contributed by atoms with Crippen LogP contribution in [0.5, 0.6) is 0 Å². The lowest BCUT2D eigenvalue weighted by atomic mass is 9.93. The molecule has 0 aliphatic rings. The van der Waals surface area contributed by atoms with Gasteiger partial charge in [-0.05, 0) is 20.8 Å². The fraction of sp³-hybridized carbons (Fsp3) is 0.600. The second-order valence-electron chi connectivity index (χ2n) is 3.98. The van der Waals surface area contributed by atoms with Gasteiger partial charge in [0.15, 0.2) is 0 Å². The predicted molar refractivity (Wildman–Crippen MR) is 52.8 cm³/mol. The Morgan fingerprint density at radius 3 is 2.71 bits per heavy atom. The number of rotatable bonds is 3. The van der Waals surface area contributed by atoms with Crippen molar-refractivity contribution in [3.8, 4) is 0 Å². The lowest BCUT2D eigenvalue weighted by molar-refractivity contribution is -0.151. The van der Waals surface area contributed by atoms with Gasteiger partial charge in [0.05, 0.1) is 12.5 Å². The second kappa shape index (κ2) is 3.82. The number of carbonyl (C=O) groups excluding carboxylic acids is 1. The summed E-state index contributed by atoms with van der Waals surface area (Å²) in [5.41, 5.74) is -0.514. The summed E-state index contributed by atoms with van der Waals surface area (Å²) in [6.07, 6.45) is 3.59. The summed E-state index contributed by atoms with van der Waals surface area (Å²) >= 11 is 0. The van der Waals surface area contributed by atoms with Crippen molar-refractivity contribution in [3.05, 3.63) is 18.2 Å². The van der Waals surface area contributed by atoms with E-state index in [1.54, 1.807) is 6.20 Å². The lowest BCUT2D eigenvalue weighted by Crippen LogP contribution is -2.30. The van der Waals surface area contributed by atoms with E-state index in [1.165, 1.54) is 7.11 Å². The van der Waals surface area contributed by atoms with Crippen LogP contribution >= 0.6 is 0 Å². The van der Waals surface area contributed by atoms with Crippen LogP contribution in [0.25, 0.3) is 0 Å². The molecule has 4 heteroatoms. The number of hydrogen-bond acceptors (Lipinski definition) is 3. The molecule has 0 radical (unpaired) electrons. The Kier molecular flexibility index (Phi) is 2.93. The number of imidazole rings is 1. The monoisotopic (exact) mass is 196 g/mol. The SMILES string of the molecule is COC(=O)C(C)(C)Cn1ccnc1C. The highest BCUT2D eigenvalue weighted by Crippen LogP contribution is 2.20. The van der Waals surface area contributed by atoms with E-state index in [0.29, 0.717) is 6.54 Å². The van der Waals surface area contributed by atoms with Crippen molar-refractivity contribution in [3.63, 3.8) is 0 Å². The van der Waals surface area contributed by atoms with Crippen LogP contribution < -0.4 is 0 Å². The summed E-state index contributed by atoms with van der Waals surface area (Å²) in [4.78, 5) is 15.5. The maximum atomic E-state index is 11.4. The topological polar surface area (TPSA) is 44.1 Å². The number of ether oxygens (including phenoxy) is 1. The van der Waals surface area contributed by atoms with Crippen molar-refractivity contribution in [2.24, 2.45) is 5.41 Å². The number of hydrogen-bond donors (Lipinski definition) is 0. The van der Waals surface area contributed by atoms with Crippen LogP contribution in [0.2, 0.25) is 0 Å². The van der Waals surface area contributed by atoms with Crippen LogP contribution in [0.15, 0.2) is 12.4 Å². The fourth-order valence-electron chi connectivity index (χ4n) is 1.34. The van der Waals surface area contributed by atoms with Gasteiger partial charge in [-0.3, -0.25) is 4.79 Å². The van der Waals surface area contributed by atoms with Gasteiger partial charge in [0.1, 0.15) is 5.82 Å². The van der Waals surface area contributed by atoms with E-state index in [9.17, 15) is 4.79 Å². The van der Waals surface area contributed by atoms with Gasteiger partial charge in [-0.1, -0.05) is 0 Å². The molecule has 0 aliphatic carbocycles. The largest absolute Gasteiger partial charge is 0.469 e. The molecule has 78 valence electrons. The zero-order valence-electron chi connectivity index (χ0n) is 9.07. The predicted octanol–water partition coefficient (Wildman–Crippen LogP) is 1.39. The highest BCUT2D eigenvalue weighted by Gasteiger charge is 2.29. The van der Waals surface area contributed by atoms with Gasteiger partial charge in [0.25, 0.3) is 0 Å². The van der Waals surface area contributed by atoms with Crippen LogP contribution in [0, 0.1) is 12.3 Å². The molecule has 0 N–H and O–H groups in total. The Hall–Kier alpha value is -1.32. The van der Waals surface area contributed by atoms with E-state index in [2.05, 4.69) is 4.98 Å². The van der Waals surface area contributed by atoms with Gasteiger partial charge in [0.2, 0.25) is 0 Å². The molecular formula is C10H16N2O2. The molecule has 4 nitrogen and oxygen atoms in total. The van der Waals surface area contributed by atoms with Crippen molar-refractivity contribution in [1.29, 1.82) is 0 Å². The minimum atomic E-state index is -0.514. The van der Waals surface area contributed by atoms with Crippen LogP contribution in [0.1, 0.15) is 19.7 Å². The summed E-state index contributed by atoms with van der Waals surface area (Å²) in [7, 11) is 1.41. The Morgan fingerprint density at radius 2 is 2.29 bits per heavy atom. The molecule has 0 unspecified atom stereocenters. The summed E-state index contributed by atoms with van der Waals surface area (Å²) in [5, 5.41) is 0. The Balaban J connectivity index is 2.78. The standard InChI is InChI=1S/C10H16N2O2/c1-8-11-5-6-12(8)7-10(2,3)9(13)14-4/h5-6H,7H2,1-4H3. The Morgan fingerprint density at radius 1 is 1.64 bits per heavy atom. The summed E-state index contributed by atoms with van der Waals surface area (Å²) < 4.78 is 6.67.